The molecular formula is C8H16O4. The lowest BCUT2D eigenvalue weighted by Gasteiger charge is -2.36. The maximum absolute atomic E-state index is 9.39. The highest BCUT2D eigenvalue weighted by Gasteiger charge is 2.34. The minimum absolute atomic E-state index is 0.0969. The van der Waals surface area contributed by atoms with Crippen LogP contribution in [0.2, 0.25) is 0 Å². The van der Waals surface area contributed by atoms with E-state index in [0.717, 1.165) is 0 Å². The first-order chi connectivity index (χ1) is 5.69. The second-order valence-electron chi connectivity index (χ2n) is 3.18. The number of hydrogen-bond donors (Lipinski definition) is 3. The van der Waals surface area contributed by atoms with Crippen molar-refractivity contribution in [1.29, 1.82) is 0 Å². The zero-order valence-corrected chi connectivity index (χ0v) is 7.18. The summed E-state index contributed by atoms with van der Waals surface area (Å²) < 4.78 is 5.31. The molecule has 0 aromatic carbocycles. The van der Waals surface area contributed by atoms with Gasteiger partial charge in [-0.2, -0.15) is 0 Å². The summed E-state index contributed by atoms with van der Waals surface area (Å²) in [6, 6.07) is 0. The fourth-order valence-electron chi connectivity index (χ4n) is 1.50. The van der Waals surface area contributed by atoms with Gasteiger partial charge >= 0.3 is 0 Å². The molecule has 0 saturated carbocycles. The van der Waals surface area contributed by atoms with Crippen LogP contribution in [0.5, 0.6) is 0 Å². The molecule has 0 spiro atoms. The van der Waals surface area contributed by atoms with Crippen LogP contribution in [0.4, 0.5) is 0 Å². The van der Waals surface area contributed by atoms with E-state index in [9.17, 15) is 10.2 Å². The van der Waals surface area contributed by atoms with Crippen molar-refractivity contribution in [3.63, 3.8) is 0 Å². The summed E-state index contributed by atoms with van der Waals surface area (Å²) in [5, 5.41) is 27.5. The first kappa shape index (κ1) is 9.92. The van der Waals surface area contributed by atoms with E-state index in [1.165, 1.54) is 0 Å². The molecule has 72 valence electrons. The van der Waals surface area contributed by atoms with Crippen LogP contribution < -0.4 is 0 Å². The zero-order valence-electron chi connectivity index (χ0n) is 7.18. The Bertz CT molecular complexity index is 139. The van der Waals surface area contributed by atoms with E-state index in [1.807, 2.05) is 6.92 Å². The number of ether oxygens (including phenoxy) is 1. The van der Waals surface area contributed by atoms with Crippen molar-refractivity contribution in [3.05, 3.63) is 0 Å². The Balaban J connectivity index is 2.52. The van der Waals surface area contributed by atoms with Crippen molar-refractivity contribution >= 4 is 0 Å². The Morgan fingerprint density at radius 1 is 1.42 bits per heavy atom. The molecule has 1 aliphatic heterocycles. The standard InChI is InChI=1S/C8H16O4/c1-2-7-8(11)6(10)3-5(4-9)12-7/h5-11H,2-4H2,1H3/t5-,6-,7+,8-/m0/s1. The molecule has 0 bridgehead atoms. The van der Waals surface area contributed by atoms with E-state index < -0.39 is 12.2 Å². The number of aliphatic hydroxyl groups is 3. The average Bonchev–Trinajstić information content (AvgIpc) is 2.09. The molecule has 1 rings (SSSR count). The third-order valence-corrected chi connectivity index (χ3v) is 2.25. The summed E-state index contributed by atoms with van der Waals surface area (Å²) in [5.74, 6) is 0. The van der Waals surface area contributed by atoms with Crippen molar-refractivity contribution in [2.24, 2.45) is 0 Å². The first-order valence-electron chi connectivity index (χ1n) is 4.31. The van der Waals surface area contributed by atoms with E-state index in [2.05, 4.69) is 0 Å². The van der Waals surface area contributed by atoms with Crippen LogP contribution in [-0.4, -0.2) is 46.3 Å². The predicted molar refractivity (Wildman–Crippen MR) is 42.7 cm³/mol. The van der Waals surface area contributed by atoms with Crippen LogP contribution in [0.25, 0.3) is 0 Å². The Hall–Kier alpha value is -0.160. The lowest BCUT2D eigenvalue weighted by Crippen LogP contribution is -2.48. The highest BCUT2D eigenvalue weighted by Crippen LogP contribution is 2.21. The molecule has 4 nitrogen and oxygen atoms in total. The number of hydrogen-bond acceptors (Lipinski definition) is 4. The summed E-state index contributed by atoms with van der Waals surface area (Å²) in [4.78, 5) is 0. The first-order valence-corrected chi connectivity index (χ1v) is 4.31. The third-order valence-electron chi connectivity index (χ3n) is 2.25. The van der Waals surface area contributed by atoms with Crippen molar-refractivity contribution < 1.29 is 20.1 Å². The molecule has 4 atom stereocenters. The molecule has 1 saturated heterocycles. The molecule has 0 unspecified atom stereocenters. The van der Waals surface area contributed by atoms with Crippen molar-refractivity contribution in [2.75, 3.05) is 6.61 Å². The molecule has 12 heavy (non-hydrogen) atoms. The summed E-state index contributed by atoms with van der Waals surface area (Å²) >= 11 is 0. The summed E-state index contributed by atoms with van der Waals surface area (Å²) in [5.41, 5.74) is 0. The monoisotopic (exact) mass is 176 g/mol. The Kier molecular flexibility index (Phi) is 3.46. The second-order valence-corrected chi connectivity index (χ2v) is 3.18. The van der Waals surface area contributed by atoms with Gasteiger partial charge in [0.1, 0.15) is 6.10 Å². The highest BCUT2D eigenvalue weighted by atomic mass is 16.5. The van der Waals surface area contributed by atoms with Gasteiger partial charge in [-0.05, 0) is 6.42 Å². The molecule has 0 amide bonds. The Morgan fingerprint density at radius 2 is 2.08 bits per heavy atom. The van der Waals surface area contributed by atoms with Crippen molar-refractivity contribution in [1.82, 2.24) is 0 Å². The molecule has 3 N–H and O–H groups in total. The SMILES string of the molecule is CC[C@H]1O[C@H](CO)C[C@H](O)[C@@H]1O. The van der Waals surface area contributed by atoms with E-state index in [-0.39, 0.29) is 18.8 Å². The fourth-order valence-corrected chi connectivity index (χ4v) is 1.50. The third kappa shape index (κ3) is 1.95. The number of aliphatic hydroxyl groups excluding tert-OH is 3. The number of rotatable bonds is 2. The lowest BCUT2D eigenvalue weighted by molar-refractivity contribution is -0.177. The Morgan fingerprint density at radius 3 is 2.58 bits per heavy atom. The highest BCUT2D eigenvalue weighted by molar-refractivity contribution is 4.84. The maximum atomic E-state index is 9.39. The normalized spacial score (nSPS) is 43.0. The van der Waals surface area contributed by atoms with Gasteiger partial charge in [0, 0.05) is 6.42 Å². The molecular weight excluding hydrogens is 160 g/mol. The topological polar surface area (TPSA) is 69.9 Å². The molecule has 1 aliphatic rings. The van der Waals surface area contributed by atoms with Crippen LogP contribution in [0.3, 0.4) is 0 Å². The van der Waals surface area contributed by atoms with Gasteiger partial charge in [-0.25, -0.2) is 0 Å². The molecule has 1 fully saturated rings. The predicted octanol–water partition coefficient (Wildman–Crippen LogP) is -0.732. The molecule has 0 radical (unpaired) electrons. The summed E-state index contributed by atoms with van der Waals surface area (Å²) in [7, 11) is 0. The van der Waals surface area contributed by atoms with Crippen LogP contribution in [0.1, 0.15) is 19.8 Å². The van der Waals surface area contributed by atoms with E-state index in [0.29, 0.717) is 12.8 Å². The molecule has 0 aliphatic carbocycles. The van der Waals surface area contributed by atoms with Crippen LogP contribution >= 0.6 is 0 Å². The van der Waals surface area contributed by atoms with Gasteiger partial charge in [0.25, 0.3) is 0 Å². The van der Waals surface area contributed by atoms with E-state index >= 15 is 0 Å². The zero-order chi connectivity index (χ0) is 9.14. The van der Waals surface area contributed by atoms with Gasteiger partial charge in [0.15, 0.2) is 0 Å². The molecule has 1 heterocycles. The smallest absolute Gasteiger partial charge is 0.106 e. The van der Waals surface area contributed by atoms with E-state index in [4.69, 9.17) is 9.84 Å². The van der Waals surface area contributed by atoms with Crippen LogP contribution in [-0.2, 0) is 4.74 Å². The summed E-state index contributed by atoms with van der Waals surface area (Å²) in [6.45, 7) is 1.78. The average molecular weight is 176 g/mol. The van der Waals surface area contributed by atoms with Gasteiger partial charge in [-0.15, -0.1) is 0 Å². The van der Waals surface area contributed by atoms with Crippen LogP contribution in [0.15, 0.2) is 0 Å². The van der Waals surface area contributed by atoms with Gasteiger partial charge in [0.2, 0.25) is 0 Å². The van der Waals surface area contributed by atoms with Gasteiger partial charge in [-0.3, -0.25) is 0 Å². The van der Waals surface area contributed by atoms with Crippen molar-refractivity contribution in [3.8, 4) is 0 Å². The molecule has 4 heteroatoms. The largest absolute Gasteiger partial charge is 0.394 e. The molecule has 0 aromatic rings. The minimum Gasteiger partial charge on any atom is -0.394 e. The maximum Gasteiger partial charge on any atom is 0.106 e. The van der Waals surface area contributed by atoms with Gasteiger partial charge in [0.05, 0.1) is 24.9 Å². The quantitative estimate of drug-likeness (QED) is 0.518. The minimum atomic E-state index is -0.808. The fraction of sp³-hybridized carbons (Fsp3) is 1.00. The molecule has 0 aromatic heterocycles. The Labute approximate surface area is 71.8 Å². The van der Waals surface area contributed by atoms with Gasteiger partial charge < -0.3 is 20.1 Å². The lowest BCUT2D eigenvalue weighted by atomic mass is 9.97. The van der Waals surface area contributed by atoms with Gasteiger partial charge in [-0.1, -0.05) is 6.92 Å². The van der Waals surface area contributed by atoms with Crippen molar-refractivity contribution in [2.45, 2.75) is 44.2 Å². The van der Waals surface area contributed by atoms with Crippen LogP contribution in [0, 0.1) is 0 Å². The summed E-state index contributed by atoms with van der Waals surface area (Å²) in [6.07, 6.45) is -1.28. The van der Waals surface area contributed by atoms with E-state index in [1.54, 1.807) is 0 Å². The second kappa shape index (κ2) is 4.18.